The van der Waals surface area contributed by atoms with Gasteiger partial charge in [-0.1, -0.05) is 60.7 Å². The number of carbonyl (C=O) groups is 1. The van der Waals surface area contributed by atoms with Gasteiger partial charge in [0.05, 0.1) is 11.4 Å². The number of nitrogens with zero attached hydrogens (tertiary/aromatic N) is 1. The molecule has 0 spiro atoms. The number of amides is 2. The maximum atomic E-state index is 12.1. The third-order valence-corrected chi connectivity index (χ3v) is 3.41. The number of carbonyl (C=O) groups excluding carboxylic acids is 1. The highest BCUT2D eigenvalue weighted by molar-refractivity contribution is 7.81. The number of benzene rings is 2. The van der Waals surface area contributed by atoms with E-state index in [0.717, 1.165) is 11.3 Å². The standard InChI is InChI=1S/C16H12N2OS/c19-16-17-14(11-12-7-3-1-4-8-12)15(20)18(16)13-9-5-2-6-10-13/h1-11H,(H,17,19)/b14-11+. The van der Waals surface area contributed by atoms with Crippen molar-refractivity contribution in [1.29, 1.82) is 0 Å². The Balaban J connectivity index is 1.93. The maximum absolute atomic E-state index is 12.1. The summed E-state index contributed by atoms with van der Waals surface area (Å²) < 4.78 is 0. The minimum Gasteiger partial charge on any atom is -0.304 e. The summed E-state index contributed by atoms with van der Waals surface area (Å²) in [4.78, 5) is 14.1. The fraction of sp³-hybridized carbons (Fsp3) is 0. The van der Waals surface area contributed by atoms with Crippen molar-refractivity contribution in [3.05, 3.63) is 71.9 Å². The zero-order valence-electron chi connectivity index (χ0n) is 10.6. The van der Waals surface area contributed by atoms with Crippen LogP contribution in [0.3, 0.4) is 0 Å². The minimum atomic E-state index is -0.219. The van der Waals surface area contributed by atoms with Crippen molar-refractivity contribution in [1.82, 2.24) is 5.32 Å². The first kappa shape index (κ1) is 12.6. The van der Waals surface area contributed by atoms with Crippen LogP contribution < -0.4 is 10.2 Å². The molecule has 2 aromatic rings. The molecule has 1 aliphatic heterocycles. The van der Waals surface area contributed by atoms with Gasteiger partial charge in [-0.3, -0.25) is 4.90 Å². The van der Waals surface area contributed by atoms with Crippen LogP contribution in [0, 0.1) is 0 Å². The summed E-state index contributed by atoms with van der Waals surface area (Å²) in [6, 6.07) is 18.9. The molecule has 20 heavy (non-hydrogen) atoms. The molecule has 98 valence electrons. The lowest BCUT2D eigenvalue weighted by Gasteiger charge is -2.13. The third kappa shape index (κ3) is 2.33. The van der Waals surface area contributed by atoms with Crippen LogP contribution in [0.4, 0.5) is 10.5 Å². The van der Waals surface area contributed by atoms with Crippen molar-refractivity contribution >= 4 is 35.0 Å². The number of anilines is 1. The van der Waals surface area contributed by atoms with Crippen molar-refractivity contribution in [2.45, 2.75) is 0 Å². The highest BCUT2D eigenvalue weighted by Crippen LogP contribution is 2.22. The first-order chi connectivity index (χ1) is 9.75. The summed E-state index contributed by atoms with van der Waals surface area (Å²) in [5.74, 6) is 0. The van der Waals surface area contributed by atoms with E-state index in [1.807, 2.05) is 66.7 Å². The van der Waals surface area contributed by atoms with Crippen LogP contribution in [0.5, 0.6) is 0 Å². The molecule has 0 unspecified atom stereocenters. The van der Waals surface area contributed by atoms with E-state index in [1.54, 1.807) is 0 Å². The first-order valence-corrected chi connectivity index (χ1v) is 6.64. The van der Waals surface area contributed by atoms with Crippen molar-refractivity contribution in [3.63, 3.8) is 0 Å². The molecule has 1 saturated heterocycles. The zero-order chi connectivity index (χ0) is 13.9. The molecule has 4 heteroatoms. The van der Waals surface area contributed by atoms with Crippen molar-refractivity contribution < 1.29 is 4.79 Å². The lowest BCUT2D eigenvalue weighted by molar-refractivity contribution is 0.253. The molecule has 0 saturated carbocycles. The van der Waals surface area contributed by atoms with Crippen LogP contribution >= 0.6 is 12.2 Å². The topological polar surface area (TPSA) is 32.3 Å². The molecule has 0 aliphatic carbocycles. The molecule has 1 heterocycles. The summed E-state index contributed by atoms with van der Waals surface area (Å²) in [5, 5.41) is 2.81. The second-order valence-corrected chi connectivity index (χ2v) is 4.76. The highest BCUT2D eigenvalue weighted by Gasteiger charge is 2.31. The van der Waals surface area contributed by atoms with E-state index in [1.165, 1.54) is 4.90 Å². The molecule has 0 atom stereocenters. The summed E-state index contributed by atoms with van der Waals surface area (Å²) in [6.07, 6.45) is 1.88. The molecule has 3 nitrogen and oxygen atoms in total. The number of nitrogens with one attached hydrogen (secondary N) is 1. The number of hydrogen-bond acceptors (Lipinski definition) is 2. The molecule has 1 aliphatic rings. The summed E-state index contributed by atoms with van der Waals surface area (Å²) in [6.45, 7) is 0. The molecule has 3 rings (SSSR count). The van der Waals surface area contributed by atoms with Crippen molar-refractivity contribution in [2.75, 3.05) is 4.90 Å². The number of hydrogen-bond donors (Lipinski definition) is 1. The lowest BCUT2D eigenvalue weighted by Crippen LogP contribution is -2.29. The van der Waals surface area contributed by atoms with E-state index in [0.29, 0.717) is 10.7 Å². The molecule has 2 aromatic carbocycles. The van der Waals surface area contributed by atoms with Crippen molar-refractivity contribution in [3.8, 4) is 0 Å². The van der Waals surface area contributed by atoms with E-state index in [2.05, 4.69) is 5.32 Å². The number of urea groups is 1. The molecular weight excluding hydrogens is 268 g/mol. The minimum absolute atomic E-state index is 0.219. The van der Waals surface area contributed by atoms with Gasteiger partial charge in [0.1, 0.15) is 4.99 Å². The Hall–Kier alpha value is -2.46. The quantitative estimate of drug-likeness (QED) is 0.673. The molecule has 1 fully saturated rings. The highest BCUT2D eigenvalue weighted by atomic mass is 32.1. The van der Waals surface area contributed by atoms with Crippen LogP contribution in [0.2, 0.25) is 0 Å². The van der Waals surface area contributed by atoms with E-state index in [-0.39, 0.29) is 6.03 Å². The van der Waals surface area contributed by atoms with Crippen LogP contribution in [0.15, 0.2) is 66.4 Å². The number of para-hydroxylation sites is 1. The molecule has 2 amide bonds. The summed E-state index contributed by atoms with van der Waals surface area (Å²) in [5.41, 5.74) is 2.42. The Labute approximate surface area is 122 Å². The predicted octanol–water partition coefficient (Wildman–Crippen LogP) is 3.58. The van der Waals surface area contributed by atoms with E-state index in [4.69, 9.17) is 12.2 Å². The Morgan fingerprint density at radius 1 is 0.950 bits per heavy atom. The van der Waals surface area contributed by atoms with Gasteiger partial charge in [0.25, 0.3) is 0 Å². The van der Waals surface area contributed by atoms with Crippen molar-refractivity contribution in [2.24, 2.45) is 0 Å². The molecule has 0 bridgehead atoms. The van der Waals surface area contributed by atoms with E-state index < -0.39 is 0 Å². The molecule has 0 radical (unpaired) electrons. The number of rotatable bonds is 2. The van der Waals surface area contributed by atoms with Gasteiger partial charge in [-0.25, -0.2) is 4.79 Å². The largest absolute Gasteiger partial charge is 0.331 e. The van der Waals surface area contributed by atoms with Gasteiger partial charge in [0, 0.05) is 0 Å². The van der Waals surface area contributed by atoms with Crippen LogP contribution in [0.1, 0.15) is 5.56 Å². The molecular formula is C16H12N2OS. The first-order valence-electron chi connectivity index (χ1n) is 6.23. The average molecular weight is 280 g/mol. The van der Waals surface area contributed by atoms with Gasteiger partial charge in [0.15, 0.2) is 0 Å². The van der Waals surface area contributed by atoms with Crippen LogP contribution in [-0.2, 0) is 0 Å². The maximum Gasteiger partial charge on any atom is 0.331 e. The normalized spacial score (nSPS) is 16.6. The van der Waals surface area contributed by atoms with Gasteiger partial charge in [0.2, 0.25) is 0 Å². The summed E-state index contributed by atoms with van der Waals surface area (Å²) >= 11 is 5.39. The van der Waals surface area contributed by atoms with E-state index in [9.17, 15) is 4.79 Å². The average Bonchev–Trinajstić information content (AvgIpc) is 2.75. The Bertz CT molecular complexity index is 680. The van der Waals surface area contributed by atoms with Crippen LogP contribution in [-0.4, -0.2) is 11.0 Å². The van der Waals surface area contributed by atoms with Gasteiger partial charge in [-0.2, -0.15) is 0 Å². The molecule has 1 N–H and O–H groups in total. The Morgan fingerprint density at radius 2 is 1.55 bits per heavy atom. The van der Waals surface area contributed by atoms with Crippen LogP contribution in [0.25, 0.3) is 6.08 Å². The van der Waals surface area contributed by atoms with Gasteiger partial charge in [-0.15, -0.1) is 0 Å². The van der Waals surface area contributed by atoms with E-state index >= 15 is 0 Å². The monoisotopic (exact) mass is 280 g/mol. The number of thiocarbonyl (C=S) groups is 1. The fourth-order valence-corrected chi connectivity index (χ4v) is 2.36. The zero-order valence-corrected chi connectivity index (χ0v) is 11.4. The predicted molar refractivity (Wildman–Crippen MR) is 84.5 cm³/mol. The fourth-order valence-electron chi connectivity index (χ4n) is 2.06. The van der Waals surface area contributed by atoms with Gasteiger partial charge < -0.3 is 5.32 Å². The lowest BCUT2D eigenvalue weighted by atomic mass is 10.2. The summed E-state index contributed by atoms with van der Waals surface area (Å²) in [7, 11) is 0. The smallest absolute Gasteiger partial charge is 0.304 e. The molecule has 0 aromatic heterocycles. The Kier molecular flexibility index (Phi) is 3.31. The SMILES string of the molecule is O=C1N/C(=C/c2ccccc2)C(=S)N1c1ccccc1. The second-order valence-electron chi connectivity index (χ2n) is 4.37. The van der Waals surface area contributed by atoms with Gasteiger partial charge >= 0.3 is 6.03 Å². The third-order valence-electron chi connectivity index (χ3n) is 3.00. The Morgan fingerprint density at radius 3 is 2.20 bits per heavy atom. The second kappa shape index (κ2) is 5.27. The van der Waals surface area contributed by atoms with Gasteiger partial charge in [-0.05, 0) is 23.8 Å².